The van der Waals surface area contributed by atoms with Gasteiger partial charge < -0.3 is 20.9 Å². The van der Waals surface area contributed by atoms with Crippen LogP contribution in [0, 0.1) is 11.3 Å². The topological polar surface area (TPSA) is 168 Å². The Morgan fingerprint density at radius 2 is 2.16 bits per heavy atom. The van der Waals surface area contributed by atoms with Crippen LogP contribution >= 0.6 is 11.3 Å². The Bertz CT molecular complexity index is 1730. The minimum atomic E-state index is -0.813. The second-order valence-corrected chi connectivity index (χ2v) is 11.8. The predicted octanol–water partition coefficient (Wildman–Crippen LogP) is 2.43. The lowest BCUT2D eigenvalue weighted by molar-refractivity contribution is -0.157. The monoisotopic (exact) mass is 600 g/mol. The zero-order valence-electron chi connectivity index (χ0n) is 23.7. The molecule has 4 heterocycles. The molecule has 2 aliphatic rings. The van der Waals surface area contributed by atoms with Crippen LogP contribution in [0.5, 0.6) is 0 Å². The van der Waals surface area contributed by atoms with E-state index in [9.17, 15) is 19.6 Å². The molecule has 4 amide bonds. The van der Waals surface area contributed by atoms with Gasteiger partial charge >= 0.3 is 6.03 Å². The third kappa shape index (κ3) is 5.44. The number of nitrogens with two attached hydrogens (primary N) is 1. The van der Waals surface area contributed by atoms with Crippen molar-refractivity contribution in [1.82, 2.24) is 40.3 Å². The van der Waals surface area contributed by atoms with E-state index in [0.717, 1.165) is 45.1 Å². The maximum Gasteiger partial charge on any atom is 0.333 e. The number of H-pyrrole nitrogens is 1. The number of nitriles is 1. The molecule has 0 saturated carbocycles. The van der Waals surface area contributed by atoms with Gasteiger partial charge in [0.25, 0.3) is 0 Å². The van der Waals surface area contributed by atoms with Crippen LogP contribution in [0.25, 0.3) is 21.1 Å². The third-order valence-electron chi connectivity index (χ3n) is 7.95. The fourth-order valence-electron chi connectivity index (χ4n) is 5.90. The van der Waals surface area contributed by atoms with Crippen molar-refractivity contribution in [2.24, 2.45) is 0 Å². The molecule has 4 aromatic rings. The van der Waals surface area contributed by atoms with Crippen LogP contribution in [0.3, 0.4) is 0 Å². The number of hydrogen-bond acceptors (Lipinski definition) is 9. The van der Waals surface area contributed by atoms with Crippen LogP contribution in [0.1, 0.15) is 30.9 Å². The minimum absolute atomic E-state index is 0.121. The van der Waals surface area contributed by atoms with E-state index in [0.29, 0.717) is 11.7 Å². The number of aromatic nitrogens is 3. The van der Waals surface area contributed by atoms with Gasteiger partial charge in [-0.25, -0.2) is 14.8 Å². The molecule has 14 heteroatoms. The lowest BCUT2D eigenvalue weighted by Crippen LogP contribution is -2.66. The molecule has 6 rings (SSSR count). The number of nitrogens with zero attached hydrogens (tertiary/aromatic N) is 7. The van der Waals surface area contributed by atoms with Crippen molar-refractivity contribution >= 4 is 55.4 Å². The van der Waals surface area contributed by atoms with Crippen LogP contribution in [-0.4, -0.2) is 91.2 Å². The van der Waals surface area contributed by atoms with E-state index in [4.69, 9.17) is 5.73 Å². The molecular formula is C29H32N10O3S. The largest absolute Gasteiger partial charge is 0.375 e. The average Bonchev–Trinajstić information content (AvgIpc) is 3.70. The SMILES string of the molecule is CCCCNC(=O)N(CC#N)N1CC(=O)N2[C@@H](Cc3ccc4[nH]ncc4c3)C(=O)N(Cc3cccc4sc(N)nc34)C[C@@H]21. The lowest BCUT2D eigenvalue weighted by atomic mass is 9.99. The number of thiazole rings is 1. The summed E-state index contributed by atoms with van der Waals surface area (Å²) in [5.41, 5.74) is 9.32. The van der Waals surface area contributed by atoms with Gasteiger partial charge in [0.15, 0.2) is 5.13 Å². The number of anilines is 1. The number of carbonyl (C=O) groups excluding carboxylic acids is 3. The molecule has 222 valence electrons. The Balaban J connectivity index is 1.35. The molecule has 0 radical (unpaired) electrons. The first-order chi connectivity index (χ1) is 20.9. The molecule has 0 spiro atoms. The maximum absolute atomic E-state index is 14.2. The number of urea groups is 1. The molecule has 0 bridgehead atoms. The van der Waals surface area contributed by atoms with E-state index in [1.54, 1.807) is 21.0 Å². The smallest absolute Gasteiger partial charge is 0.333 e. The quantitative estimate of drug-likeness (QED) is 0.194. The number of nitrogen functional groups attached to an aromatic ring is 1. The maximum atomic E-state index is 14.2. The Morgan fingerprint density at radius 1 is 1.30 bits per heavy atom. The Kier molecular flexibility index (Phi) is 7.83. The second kappa shape index (κ2) is 11.9. The van der Waals surface area contributed by atoms with Gasteiger partial charge in [0.05, 0.1) is 41.1 Å². The summed E-state index contributed by atoms with van der Waals surface area (Å²) in [5.74, 6) is -0.468. The minimum Gasteiger partial charge on any atom is -0.375 e. The van der Waals surface area contributed by atoms with Gasteiger partial charge in [-0.3, -0.25) is 14.7 Å². The molecule has 13 nitrogen and oxygen atoms in total. The average molecular weight is 601 g/mol. The standard InChI is InChI=1S/C29H32N10O3S/c1-2-3-10-32-29(42)37(11-9-30)38-17-25(40)39-22(13-18-7-8-21-20(12-18)14-33-35-21)27(41)36(16-24(38)39)15-19-5-4-6-23-26(19)34-28(31)43-23/h4-8,12,14,22,24H,2-3,10-11,13,15-17H2,1H3,(H2,31,34)(H,32,42)(H,33,35)/t22-,24+/m0/s1. The van der Waals surface area contributed by atoms with E-state index in [2.05, 4.69) is 26.6 Å². The van der Waals surface area contributed by atoms with Gasteiger partial charge in [-0.05, 0) is 35.7 Å². The molecule has 2 aromatic carbocycles. The zero-order valence-corrected chi connectivity index (χ0v) is 24.5. The van der Waals surface area contributed by atoms with Crippen molar-refractivity contribution in [3.8, 4) is 6.07 Å². The van der Waals surface area contributed by atoms with Crippen molar-refractivity contribution in [2.45, 2.75) is 44.9 Å². The fraction of sp³-hybridized carbons (Fsp3) is 0.379. The number of piperazine rings is 1. The number of nitrogens with one attached hydrogen (secondary N) is 2. The number of rotatable bonds is 9. The first-order valence-electron chi connectivity index (χ1n) is 14.2. The first kappa shape index (κ1) is 28.4. The summed E-state index contributed by atoms with van der Waals surface area (Å²) < 4.78 is 0.924. The Labute approximate surface area is 251 Å². The molecule has 2 saturated heterocycles. The van der Waals surface area contributed by atoms with Crippen LogP contribution in [0.2, 0.25) is 0 Å². The van der Waals surface area contributed by atoms with E-state index < -0.39 is 18.2 Å². The molecule has 2 aliphatic heterocycles. The molecule has 2 atom stereocenters. The number of hydrazine groups is 1. The molecular weight excluding hydrogens is 568 g/mol. The zero-order chi connectivity index (χ0) is 30.1. The van der Waals surface area contributed by atoms with Gasteiger partial charge in [0.1, 0.15) is 18.8 Å². The fourth-order valence-corrected chi connectivity index (χ4v) is 6.68. The highest BCUT2D eigenvalue weighted by Gasteiger charge is 2.52. The van der Waals surface area contributed by atoms with Crippen LogP contribution in [0.4, 0.5) is 9.93 Å². The highest BCUT2D eigenvalue weighted by Crippen LogP contribution is 2.32. The van der Waals surface area contributed by atoms with E-state index >= 15 is 0 Å². The van der Waals surface area contributed by atoms with Crippen molar-refractivity contribution in [3.63, 3.8) is 0 Å². The highest BCUT2D eigenvalue weighted by molar-refractivity contribution is 7.22. The predicted molar refractivity (Wildman–Crippen MR) is 161 cm³/mol. The van der Waals surface area contributed by atoms with E-state index in [-0.39, 0.29) is 44.4 Å². The second-order valence-electron chi connectivity index (χ2n) is 10.7. The van der Waals surface area contributed by atoms with Gasteiger partial charge in [0.2, 0.25) is 11.8 Å². The van der Waals surface area contributed by atoms with Crippen molar-refractivity contribution in [3.05, 3.63) is 53.7 Å². The number of fused-ring (bicyclic) bond motifs is 3. The number of aromatic amines is 1. The van der Waals surface area contributed by atoms with Gasteiger partial charge in [0, 0.05) is 24.9 Å². The van der Waals surface area contributed by atoms with Crippen LogP contribution < -0.4 is 11.1 Å². The molecule has 2 aromatic heterocycles. The molecule has 4 N–H and O–H groups in total. The first-order valence-corrected chi connectivity index (χ1v) is 15.0. The molecule has 0 unspecified atom stereocenters. The molecule has 2 fully saturated rings. The third-order valence-corrected chi connectivity index (χ3v) is 8.80. The summed E-state index contributed by atoms with van der Waals surface area (Å²) in [6, 6.07) is 12.4. The summed E-state index contributed by atoms with van der Waals surface area (Å²) in [6.07, 6.45) is 3.05. The van der Waals surface area contributed by atoms with Gasteiger partial charge in [-0.15, -0.1) is 0 Å². The normalized spacial score (nSPS) is 18.8. The Morgan fingerprint density at radius 3 is 2.98 bits per heavy atom. The van der Waals surface area contributed by atoms with E-state index in [1.165, 1.54) is 16.3 Å². The van der Waals surface area contributed by atoms with Gasteiger partial charge in [-0.2, -0.15) is 15.4 Å². The van der Waals surface area contributed by atoms with Crippen LogP contribution in [-0.2, 0) is 22.6 Å². The Hall–Kier alpha value is -4.74. The van der Waals surface area contributed by atoms with Crippen molar-refractivity contribution in [1.29, 1.82) is 5.26 Å². The summed E-state index contributed by atoms with van der Waals surface area (Å²) in [5, 5.41) is 23.7. The molecule has 43 heavy (non-hydrogen) atoms. The highest BCUT2D eigenvalue weighted by atomic mass is 32.1. The lowest BCUT2D eigenvalue weighted by Gasteiger charge is -2.46. The number of carbonyl (C=O) groups is 3. The summed E-state index contributed by atoms with van der Waals surface area (Å²) in [7, 11) is 0. The summed E-state index contributed by atoms with van der Waals surface area (Å²) in [6.45, 7) is 2.53. The van der Waals surface area contributed by atoms with Crippen molar-refractivity contribution < 1.29 is 14.4 Å². The summed E-state index contributed by atoms with van der Waals surface area (Å²) in [4.78, 5) is 48.8. The van der Waals surface area contributed by atoms with E-state index in [1.807, 2.05) is 43.3 Å². The number of hydrogen-bond donors (Lipinski definition) is 3. The van der Waals surface area contributed by atoms with Crippen molar-refractivity contribution in [2.75, 3.05) is 31.9 Å². The number of para-hydroxylation sites is 1. The van der Waals surface area contributed by atoms with Crippen LogP contribution in [0.15, 0.2) is 42.6 Å². The number of amides is 4. The number of unbranched alkanes of at least 4 members (excludes halogenated alkanes) is 1. The molecule has 0 aliphatic carbocycles. The summed E-state index contributed by atoms with van der Waals surface area (Å²) >= 11 is 1.38. The van der Waals surface area contributed by atoms with Gasteiger partial charge in [-0.1, -0.05) is 42.9 Å². The number of benzene rings is 2.